The summed E-state index contributed by atoms with van der Waals surface area (Å²) in [7, 11) is 0. The maximum atomic E-state index is 10.6. The number of carbonyl (C=O) groups excluding carboxylic acids is 1. The third-order valence-corrected chi connectivity index (χ3v) is 3.87. The van der Waals surface area contributed by atoms with Crippen LogP contribution in [0.1, 0.15) is 5.56 Å². The predicted molar refractivity (Wildman–Crippen MR) is 84.0 cm³/mol. The molecule has 0 bridgehead atoms. The number of primary amides is 1. The number of aromatic amines is 1. The minimum absolute atomic E-state index is 0.110. The third kappa shape index (κ3) is 4.62. The molecular formula is C11H10Cl2N6OS. The molecule has 0 unspecified atom stereocenters. The molecule has 1 heterocycles. The molecule has 2 aromatic rings. The van der Waals surface area contributed by atoms with E-state index in [1.807, 2.05) is 0 Å². The van der Waals surface area contributed by atoms with Crippen LogP contribution in [-0.4, -0.2) is 33.1 Å². The quantitative estimate of drug-likeness (QED) is 0.422. The predicted octanol–water partition coefficient (Wildman–Crippen LogP) is 2.13. The minimum atomic E-state index is -0.437. The van der Waals surface area contributed by atoms with Crippen molar-refractivity contribution in [2.75, 3.05) is 11.2 Å². The maximum absolute atomic E-state index is 10.6. The molecule has 0 radical (unpaired) electrons. The lowest BCUT2D eigenvalue weighted by Crippen LogP contribution is -2.13. The highest BCUT2D eigenvalue weighted by Gasteiger charge is 2.05. The van der Waals surface area contributed by atoms with Crippen LogP contribution in [-0.2, 0) is 4.79 Å². The summed E-state index contributed by atoms with van der Waals surface area (Å²) in [5.41, 5.74) is 8.35. The van der Waals surface area contributed by atoms with Crippen LogP contribution in [0.3, 0.4) is 0 Å². The molecular weight excluding hydrogens is 335 g/mol. The topological polar surface area (TPSA) is 109 Å². The Morgan fingerprint density at radius 1 is 1.52 bits per heavy atom. The first kappa shape index (κ1) is 15.6. The molecule has 1 amide bonds. The van der Waals surface area contributed by atoms with E-state index < -0.39 is 5.91 Å². The molecule has 0 atom stereocenters. The smallest absolute Gasteiger partial charge is 0.240 e. The average Bonchev–Trinajstić information content (AvgIpc) is 2.89. The lowest BCUT2D eigenvalue weighted by molar-refractivity contribution is -0.115. The number of halogens is 2. The van der Waals surface area contributed by atoms with E-state index in [1.165, 1.54) is 6.21 Å². The molecule has 0 saturated carbocycles. The number of benzene rings is 1. The number of thioether (sulfide) groups is 1. The summed E-state index contributed by atoms with van der Waals surface area (Å²) in [6.07, 6.45) is 1.51. The largest absolute Gasteiger partial charge is 0.369 e. The first-order chi connectivity index (χ1) is 10.1. The maximum Gasteiger partial charge on any atom is 0.240 e. The zero-order valence-corrected chi connectivity index (χ0v) is 12.8. The Hall–Kier alpha value is -1.77. The molecule has 0 aliphatic heterocycles. The van der Waals surface area contributed by atoms with Crippen molar-refractivity contribution in [3.8, 4) is 0 Å². The Labute approximate surface area is 134 Å². The monoisotopic (exact) mass is 344 g/mol. The van der Waals surface area contributed by atoms with Gasteiger partial charge in [-0.05, 0) is 6.07 Å². The van der Waals surface area contributed by atoms with Gasteiger partial charge in [0, 0.05) is 5.56 Å². The van der Waals surface area contributed by atoms with Gasteiger partial charge in [0.15, 0.2) is 0 Å². The van der Waals surface area contributed by atoms with E-state index in [-0.39, 0.29) is 5.75 Å². The molecule has 0 aliphatic carbocycles. The number of hydrogen-bond acceptors (Lipinski definition) is 6. The Morgan fingerprint density at radius 2 is 2.33 bits per heavy atom. The summed E-state index contributed by atoms with van der Waals surface area (Å²) < 4.78 is 0. The van der Waals surface area contributed by atoms with Gasteiger partial charge in [0.05, 0.1) is 22.0 Å². The van der Waals surface area contributed by atoms with Crippen LogP contribution in [0.5, 0.6) is 0 Å². The first-order valence-electron chi connectivity index (χ1n) is 5.63. The van der Waals surface area contributed by atoms with Crippen molar-refractivity contribution in [2.45, 2.75) is 5.16 Å². The van der Waals surface area contributed by atoms with Crippen molar-refractivity contribution >= 4 is 53.0 Å². The van der Waals surface area contributed by atoms with Crippen LogP contribution in [0.25, 0.3) is 0 Å². The second-order valence-corrected chi connectivity index (χ2v) is 5.46. The molecule has 4 N–H and O–H groups in total. The molecule has 10 heteroatoms. The van der Waals surface area contributed by atoms with Gasteiger partial charge in [0.1, 0.15) is 0 Å². The standard InChI is InChI=1S/C11H10Cl2N6OS/c12-7-3-1-2-6(9(7)13)4-15-17-10-16-11(19-18-10)21-5-8(14)20/h1-4H,5H2,(H2,14,20)(H2,16,17,18,19)/b15-4-. The van der Waals surface area contributed by atoms with E-state index in [1.54, 1.807) is 18.2 Å². The normalized spacial score (nSPS) is 11.0. The third-order valence-electron chi connectivity index (χ3n) is 2.16. The van der Waals surface area contributed by atoms with Crippen LogP contribution in [0, 0.1) is 0 Å². The van der Waals surface area contributed by atoms with Crippen molar-refractivity contribution in [3.05, 3.63) is 33.8 Å². The molecule has 0 aliphatic rings. The van der Waals surface area contributed by atoms with Crippen LogP contribution in [0.4, 0.5) is 5.95 Å². The number of aromatic nitrogens is 3. The van der Waals surface area contributed by atoms with Crippen molar-refractivity contribution in [1.82, 2.24) is 15.2 Å². The van der Waals surface area contributed by atoms with E-state index in [0.717, 1.165) is 11.8 Å². The second kappa shape index (κ2) is 7.30. The van der Waals surface area contributed by atoms with Gasteiger partial charge < -0.3 is 5.73 Å². The van der Waals surface area contributed by atoms with Crippen LogP contribution >= 0.6 is 35.0 Å². The zero-order chi connectivity index (χ0) is 15.2. The van der Waals surface area contributed by atoms with Crippen molar-refractivity contribution < 1.29 is 4.79 Å². The van der Waals surface area contributed by atoms with Gasteiger partial charge >= 0.3 is 0 Å². The van der Waals surface area contributed by atoms with Crippen molar-refractivity contribution in [3.63, 3.8) is 0 Å². The summed E-state index contributed by atoms with van der Waals surface area (Å²) in [5, 5.41) is 11.7. The van der Waals surface area contributed by atoms with Crippen LogP contribution in [0.15, 0.2) is 28.5 Å². The Kier molecular flexibility index (Phi) is 5.43. The number of H-pyrrole nitrogens is 1. The fourth-order valence-corrected chi connectivity index (χ4v) is 2.17. The summed E-state index contributed by atoms with van der Waals surface area (Å²) in [5.74, 6) is 0.00267. The van der Waals surface area contributed by atoms with Gasteiger partial charge in [0.25, 0.3) is 0 Å². The lowest BCUT2D eigenvalue weighted by atomic mass is 10.2. The second-order valence-electron chi connectivity index (χ2n) is 3.73. The number of nitrogens with two attached hydrogens (primary N) is 1. The van der Waals surface area contributed by atoms with Crippen LogP contribution in [0.2, 0.25) is 10.0 Å². The summed E-state index contributed by atoms with van der Waals surface area (Å²) in [4.78, 5) is 14.7. The number of hydrazone groups is 1. The Bertz CT molecular complexity index is 674. The number of carbonyl (C=O) groups is 1. The van der Waals surface area contributed by atoms with Gasteiger partial charge in [-0.2, -0.15) is 10.1 Å². The summed E-state index contributed by atoms with van der Waals surface area (Å²) >= 11 is 13.0. The highest BCUT2D eigenvalue weighted by Crippen LogP contribution is 2.24. The van der Waals surface area contributed by atoms with Crippen molar-refractivity contribution in [2.24, 2.45) is 10.8 Å². The zero-order valence-electron chi connectivity index (χ0n) is 10.5. The molecule has 0 spiro atoms. The van der Waals surface area contributed by atoms with Gasteiger partial charge in [0.2, 0.25) is 17.0 Å². The molecule has 1 aromatic heterocycles. The number of hydrogen-bond donors (Lipinski definition) is 3. The average molecular weight is 345 g/mol. The Balaban J connectivity index is 1.95. The van der Waals surface area contributed by atoms with E-state index in [2.05, 4.69) is 25.7 Å². The molecule has 0 saturated heterocycles. The van der Waals surface area contributed by atoms with Gasteiger partial charge in [-0.15, -0.1) is 5.10 Å². The molecule has 110 valence electrons. The van der Waals surface area contributed by atoms with Gasteiger partial charge in [-0.25, -0.2) is 10.5 Å². The molecule has 7 nitrogen and oxygen atoms in total. The van der Waals surface area contributed by atoms with Crippen LogP contribution < -0.4 is 11.2 Å². The summed E-state index contributed by atoms with van der Waals surface area (Å²) in [6, 6.07) is 5.23. The number of anilines is 1. The van der Waals surface area contributed by atoms with Crippen molar-refractivity contribution in [1.29, 1.82) is 0 Å². The lowest BCUT2D eigenvalue weighted by Gasteiger charge is -1.99. The van der Waals surface area contributed by atoms with Gasteiger partial charge in [-0.1, -0.05) is 47.1 Å². The van der Waals surface area contributed by atoms with Gasteiger partial charge in [-0.3, -0.25) is 4.79 Å². The molecule has 2 rings (SSSR count). The minimum Gasteiger partial charge on any atom is -0.369 e. The highest BCUT2D eigenvalue weighted by atomic mass is 35.5. The molecule has 21 heavy (non-hydrogen) atoms. The van der Waals surface area contributed by atoms with E-state index in [9.17, 15) is 4.79 Å². The number of amides is 1. The molecule has 1 aromatic carbocycles. The number of nitrogens with zero attached hydrogens (tertiary/aromatic N) is 3. The van der Waals surface area contributed by atoms with E-state index in [4.69, 9.17) is 28.9 Å². The van der Waals surface area contributed by atoms with E-state index in [0.29, 0.717) is 26.7 Å². The fraction of sp³-hybridized carbons (Fsp3) is 0.0909. The number of nitrogens with one attached hydrogen (secondary N) is 2. The number of rotatable bonds is 6. The summed E-state index contributed by atoms with van der Waals surface area (Å²) in [6.45, 7) is 0. The highest BCUT2D eigenvalue weighted by molar-refractivity contribution is 7.99. The molecule has 0 fully saturated rings. The Morgan fingerprint density at radius 3 is 3.10 bits per heavy atom. The SMILES string of the molecule is NC(=O)CSc1n[nH]c(N/N=C\c2cccc(Cl)c2Cl)n1. The van der Waals surface area contributed by atoms with E-state index >= 15 is 0 Å². The first-order valence-corrected chi connectivity index (χ1v) is 7.37. The fourth-order valence-electron chi connectivity index (χ4n) is 1.28.